The van der Waals surface area contributed by atoms with Crippen LogP contribution in [-0.2, 0) is 9.63 Å². The van der Waals surface area contributed by atoms with Crippen LogP contribution in [0.4, 0.5) is 10.1 Å². The summed E-state index contributed by atoms with van der Waals surface area (Å²) in [6.45, 7) is 0. The molecule has 1 aromatic rings. The van der Waals surface area contributed by atoms with Crippen molar-refractivity contribution < 1.29 is 18.9 Å². The van der Waals surface area contributed by atoms with E-state index in [1.807, 2.05) is 0 Å². The third kappa shape index (κ3) is 3.36. The molecule has 0 unspecified atom stereocenters. The lowest BCUT2D eigenvalue weighted by Gasteiger charge is -2.11. The van der Waals surface area contributed by atoms with Gasteiger partial charge in [-0.3, -0.25) is 19.7 Å². The van der Waals surface area contributed by atoms with Crippen LogP contribution in [0.25, 0.3) is 6.08 Å². The van der Waals surface area contributed by atoms with Gasteiger partial charge in [0.15, 0.2) is 5.83 Å². The van der Waals surface area contributed by atoms with E-state index in [0.29, 0.717) is 5.56 Å². The van der Waals surface area contributed by atoms with Crippen LogP contribution in [0.15, 0.2) is 30.1 Å². The second-order valence-electron chi connectivity index (χ2n) is 3.33. The Morgan fingerprint density at radius 1 is 1.44 bits per heavy atom. The van der Waals surface area contributed by atoms with E-state index < -0.39 is 16.7 Å². The molecule has 0 N–H and O–H groups in total. The molecule has 0 saturated heterocycles. The summed E-state index contributed by atoms with van der Waals surface area (Å²) in [6, 6.07) is 5.14. The van der Waals surface area contributed by atoms with Gasteiger partial charge in [-0.1, -0.05) is 0 Å². The number of likely N-dealkylation sites (N-methyl/N-ethyl adjacent to an activating group) is 1. The first-order valence-electron chi connectivity index (χ1n) is 4.89. The number of carbonyl (C=O) groups is 1. The molecule has 0 fully saturated rings. The van der Waals surface area contributed by atoms with Gasteiger partial charge in [0.1, 0.15) is 0 Å². The van der Waals surface area contributed by atoms with E-state index in [9.17, 15) is 19.3 Å². The average Bonchev–Trinajstić information content (AvgIpc) is 2.37. The summed E-state index contributed by atoms with van der Waals surface area (Å²) in [5.74, 6) is -1.95. The summed E-state index contributed by atoms with van der Waals surface area (Å²) in [4.78, 5) is 25.7. The van der Waals surface area contributed by atoms with E-state index in [0.717, 1.165) is 11.1 Å². The highest BCUT2D eigenvalue weighted by Crippen LogP contribution is 2.15. The minimum atomic E-state index is -1.02. The number of amides is 1. The van der Waals surface area contributed by atoms with Gasteiger partial charge in [-0.15, -0.1) is 0 Å². The molecule has 7 heteroatoms. The molecule has 1 amide bonds. The topological polar surface area (TPSA) is 72.7 Å². The first kappa shape index (κ1) is 13.8. The maximum atomic E-state index is 13.4. The molecule has 0 spiro atoms. The molecule has 0 aliphatic heterocycles. The maximum absolute atomic E-state index is 13.4. The minimum absolute atomic E-state index is 0.104. The van der Waals surface area contributed by atoms with Crippen molar-refractivity contribution in [2.45, 2.75) is 0 Å². The van der Waals surface area contributed by atoms with Gasteiger partial charge in [-0.25, -0.2) is 9.45 Å². The molecule has 18 heavy (non-hydrogen) atoms. The number of carbonyl (C=O) groups excluding carboxylic acids is 1. The fourth-order valence-electron chi connectivity index (χ4n) is 1.13. The van der Waals surface area contributed by atoms with Gasteiger partial charge in [0.05, 0.1) is 12.0 Å². The Balaban J connectivity index is 2.89. The number of hydroxylamine groups is 2. The van der Waals surface area contributed by atoms with Gasteiger partial charge in [0.25, 0.3) is 5.69 Å². The number of halogens is 1. The Kier molecular flexibility index (Phi) is 4.50. The van der Waals surface area contributed by atoms with Crippen LogP contribution in [0.5, 0.6) is 0 Å². The van der Waals surface area contributed by atoms with Crippen LogP contribution in [-0.4, -0.2) is 30.1 Å². The molecular weight excluding hydrogens is 243 g/mol. The Labute approximate surface area is 102 Å². The van der Waals surface area contributed by atoms with Crippen LogP contribution in [0, 0.1) is 10.1 Å². The molecule has 6 nitrogen and oxygen atoms in total. The summed E-state index contributed by atoms with van der Waals surface area (Å²) < 4.78 is 13.4. The predicted octanol–water partition coefficient (Wildman–Crippen LogP) is 1.93. The number of nitrogens with zero attached hydrogens (tertiary/aromatic N) is 2. The second-order valence-corrected chi connectivity index (χ2v) is 3.33. The van der Waals surface area contributed by atoms with E-state index in [1.165, 1.54) is 38.4 Å². The summed E-state index contributed by atoms with van der Waals surface area (Å²) in [5.41, 5.74) is 0.240. The predicted molar refractivity (Wildman–Crippen MR) is 62.0 cm³/mol. The fourth-order valence-corrected chi connectivity index (χ4v) is 1.13. The molecular formula is C11H11FN2O4. The van der Waals surface area contributed by atoms with Crippen molar-refractivity contribution in [3.63, 3.8) is 0 Å². The number of hydrogen-bond donors (Lipinski definition) is 0. The monoisotopic (exact) mass is 254 g/mol. The van der Waals surface area contributed by atoms with Crippen molar-refractivity contribution in [2.24, 2.45) is 0 Å². The zero-order valence-electron chi connectivity index (χ0n) is 9.79. The lowest BCUT2D eigenvalue weighted by Crippen LogP contribution is -2.25. The van der Waals surface area contributed by atoms with E-state index >= 15 is 0 Å². The van der Waals surface area contributed by atoms with Crippen LogP contribution in [0.3, 0.4) is 0 Å². The molecule has 0 bridgehead atoms. The molecule has 0 aliphatic rings. The van der Waals surface area contributed by atoms with Gasteiger partial charge in [-0.05, 0) is 23.8 Å². The molecule has 0 atom stereocenters. The molecule has 0 saturated carbocycles. The summed E-state index contributed by atoms with van der Waals surface area (Å²) in [6.07, 6.45) is 0.974. The fraction of sp³-hybridized carbons (Fsp3) is 0.182. The van der Waals surface area contributed by atoms with Gasteiger partial charge >= 0.3 is 5.91 Å². The minimum Gasteiger partial charge on any atom is -0.274 e. The second kappa shape index (κ2) is 5.87. The third-order valence-corrected chi connectivity index (χ3v) is 2.16. The largest absolute Gasteiger partial charge is 0.305 e. The van der Waals surface area contributed by atoms with Crippen molar-refractivity contribution in [3.05, 3.63) is 45.8 Å². The molecule has 0 aromatic heterocycles. The number of rotatable bonds is 4. The molecule has 0 radical (unpaired) electrons. The smallest absolute Gasteiger partial charge is 0.274 e. The Morgan fingerprint density at radius 3 is 2.44 bits per heavy atom. The van der Waals surface area contributed by atoms with E-state index in [-0.39, 0.29) is 5.69 Å². The van der Waals surface area contributed by atoms with Crippen LogP contribution in [0.2, 0.25) is 0 Å². The Bertz CT molecular complexity index is 484. The normalized spacial score (nSPS) is 11.2. The number of nitro benzene ring substituents is 1. The van der Waals surface area contributed by atoms with Gasteiger partial charge in [0, 0.05) is 19.2 Å². The lowest BCUT2D eigenvalue weighted by atomic mass is 10.2. The first-order chi connectivity index (χ1) is 8.45. The zero-order chi connectivity index (χ0) is 13.7. The van der Waals surface area contributed by atoms with Crippen molar-refractivity contribution in [3.8, 4) is 0 Å². The molecule has 96 valence electrons. The maximum Gasteiger partial charge on any atom is 0.305 e. The van der Waals surface area contributed by atoms with Crippen LogP contribution < -0.4 is 0 Å². The van der Waals surface area contributed by atoms with Gasteiger partial charge < -0.3 is 0 Å². The highest BCUT2D eigenvalue weighted by molar-refractivity contribution is 5.94. The van der Waals surface area contributed by atoms with Crippen molar-refractivity contribution >= 4 is 17.7 Å². The molecule has 1 aromatic carbocycles. The summed E-state index contributed by atoms with van der Waals surface area (Å²) in [7, 11) is 2.50. The molecule has 0 heterocycles. The van der Waals surface area contributed by atoms with Crippen molar-refractivity contribution in [1.29, 1.82) is 0 Å². The van der Waals surface area contributed by atoms with E-state index in [4.69, 9.17) is 0 Å². The third-order valence-electron chi connectivity index (χ3n) is 2.16. The average molecular weight is 254 g/mol. The highest BCUT2D eigenvalue weighted by Gasteiger charge is 2.14. The van der Waals surface area contributed by atoms with Crippen molar-refractivity contribution in [1.82, 2.24) is 5.06 Å². The molecule has 1 rings (SSSR count). The standard InChI is InChI=1S/C11H11FN2O4/c1-13(18-2)11(15)10(12)7-8-3-5-9(6-4-8)14(16)17/h3-7H,1-2H3/b10-7-. The van der Waals surface area contributed by atoms with E-state index in [1.54, 1.807) is 0 Å². The quantitative estimate of drug-likeness (QED) is 0.467. The SMILES string of the molecule is CON(C)C(=O)/C(F)=C/c1ccc([N+](=O)[O-])cc1. The number of hydrogen-bond acceptors (Lipinski definition) is 4. The first-order valence-corrected chi connectivity index (χ1v) is 4.89. The number of non-ortho nitro benzene ring substituents is 1. The molecule has 0 aliphatic carbocycles. The lowest BCUT2D eigenvalue weighted by molar-refractivity contribution is -0.384. The van der Waals surface area contributed by atoms with E-state index in [2.05, 4.69) is 4.84 Å². The van der Waals surface area contributed by atoms with Crippen molar-refractivity contribution in [2.75, 3.05) is 14.2 Å². The van der Waals surface area contributed by atoms with Crippen LogP contribution in [0.1, 0.15) is 5.56 Å². The Morgan fingerprint density at radius 2 is 2.00 bits per heavy atom. The summed E-state index contributed by atoms with van der Waals surface area (Å²) >= 11 is 0. The number of benzene rings is 1. The highest BCUT2D eigenvalue weighted by atomic mass is 19.1. The summed E-state index contributed by atoms with van der Waals surface area (Å²) in [5, 5.41) is 11.1. The van der Waals surface area contributed by atoms with Crippen LogP contribution >= 0.6 is 0 Å². The Hall–Kier alpha value is -2.28. The number of nitro groups is 1. The van der Waals surface area contributed by atoms with Gasteiger partial charge in [-0.2, -0.15) is 0 Å². The zero-order valence-corrected chi connectivity index (χ0v) is 9.79. The van der Waals surface area contributed by atoms with Gasteiger partial charge in [0.2, 0.25) is 0 Å².